The van der Waals surface area contributed by atoms with Gasteiger partial charge in [-0.05, 0) is 24.1 Å². The smallest absolute Gasteiger partial charge is 0.329 e. The maximum atomic E-state index is 13.0. The molecule has 1 heterocycles. The van der Waals surface area contributed by atoms with Crippen LogP contribution in [0.2, 0.25) is 0 Å². The molecule has 1 aromatic carbocycles. The number of aryl methyl sites for hydroxylation is 1. The van der Waals surface area contributed by atoms with Gasteiger partial charge in [0.15, 0.2) is 0 Å². The van der Waals surface area contributed by atoms with Gasteiger partial charge in [-0.1, -0.05) is 31.1 Å². The second-order valence-electron chi connectivity index (χ2n) is 4.90. The molecule has 0 aliphatic rings. The summed E-state index contributed by atoms with van der Waals surface area (Å²) < 4.78 is 44.2. The van der Waals surface area contributed by atoms with Gasteiger partial charge in [0.2, 0.25) is 15.9 Å². The molecule has 0 unspecified atom stereocenters. The van der Waals surface area contributed by atoms with Gasteiger partial charge in [0, 0.05) is 5.92 Å². The van der Waals surface area contributed by atoms with E-state index in [-0.39, 0.29) is 24.1 Å². The standard InChI is InChI=1S/C13H16FN3O3S/c1-9(2)12-15-16-13(20-12)17-21(18,19)7-6-10-4-3-5-11(14)8-10/h3-5,8-9H,6-7H2,1-2H3,(H,16,17). The van der Waals surface area contributed by atoms with Crippen LogP contribution in [-0.2, 0) is 16.4 Å². The van der Waals surface area contributed by atoms with Gasteiger partial charge < -0.3 is 4.42 Å². The molecule has 0 saturated heterocycles. The molecule has 0 radical (unpaired) electrons. The van der Waals surface area contributed by atoms with E-state index in [1.807, 2.05) is 13.8 Å². The Morgan fingerprint density at radius 1 is 1.33 bits per heavy atom. The Balaban J connectivity index is 1.98. The van der Waals surface area contributed by atoms with Gasteiger partial charge in [-0.3, -0.25) is 0 Å². The molecular formula is C13H16FN3O3S. The Morgan fingerprint density at radius 3 is 2.71 bits per heavy atom. The average molecular weight is 313 g/mol. The number of benzene rings is 1. The SMILES string of the molecule is CC(C)c1nnc(NS(=O)(=O)CCc2cccc(F)c2)o1. The first-order chi connectivity index (χ1) is 9.85. The third kappa shape index (κ3) is 4.52. The van der Waals surface area contributed by atoms with E-state index < -0.39 is 15.8 Å². The van der Waals surface area contributed by atoms with Gasteiger partial charge in [0.05, 0.1) is 5.75 Å². The highest BCUT2D eigenvalue weighted by molar-refractivity contribution is 7.92. The molecule has 0 saturated carbocycles. The molecule has 0 spiro atoms. The van der Waals surface area contributed by atoms with Crippen LogP contribution in [-0.4, -0.2) is 24.4 Å². The largest absolute Gasteiger partial charge is 0.407 e. The first-order valence-corrected chi connectivity index (χ1v) is 8.09. The zero-order valence-electron chi connectivity index (χ0n) is 11.7. The van der Waals surface area contributed by atoms with Gasteiger partial charge in [-0.15, -0.1) is 5.10 Å². The van der Waals surface area contributed by atoms with E-state index in [2.05, 4.69) is 14.9 Å². The molecule has 1 N–H and O–H groups in total. The summed E-state index contributed by atoms with van der Waals surface area (Å²) in [6.45, 7) is 3.71. The van der Waals surface area contributed by atoms with Crippen molar-refractivity contribution >= 4 is 16.0 Å². The fourth-order valence-electron chi connectivity index (χ4n) is 1.64. The van der Waals surface area contributed by atoms with Crippen LogP contribution in [0.15, 0.2) is 28.7 Å². The van der Waals surface area contributed by atoms with E-state index in [9.17, 15) is 12.8 Å². The van der Waals surface area contributed by atoms with Gasteiger partial charge in [-0.25, -0.2) is 17.5 Å². The average Bonchev–Trinajstić information content (AvgIpc) is 2.85. The number of hydrogen-bond acceptors (Lipinski definition) is 5. The summed E-state index contributed by atoms with van der Waals surface area (Å²) in [5, 5.41) is 7.36. The Bertz CT molecular complexity index is 713. The number of nitrogens with zero attached hydrogens (tertiary/aromatic N) is 2. The maximum Gasteiger partial charge on any atom is 0.329 e. The van der Waals surface area contributed by atoms with Crippen LogP contribution in [0.5, 0.6) is 0 Å². The highest BCUT2D eigenvalue weighted by atomic mass is 32.2. The lowest BCUT2D eigenvalue weighted by molar-refractivity contribution is 0.483. The highest BCUT2D eigenvalue weighted by Crippen LogP contribution is 2.16. The first kappa shape index (κ1) is 15.4. The highest BCUT2D eigenvalue weighted by Gasteiger charge is 2.16. The molecule has 8 heteroatoms. The maximum absolute atomic E-state index is 13.0. The molecule has 0 aliphatic heterocycles. The number of hydrogen-bond donors (Lipinski definition) is 1. The normalized spacial score (nSPS) is 11.8. The minimum absolute atomic E-state index is 0.0167. The summed E-state index contributed by atoms with van der Waals surface area (Å²) in [6, 6.07) is 5.67. The summed E-state index contributed by atoms with van der Waals surface area (Å²) >= 11 is 0. The lowest BCUT2D eigenvalue weighted by Crippen LogP contribution is -2.18. The zero-order chi connectivity index (χ0) is 15.5. The number of halogens is 1. The van der Waals surface area contributed by atoms with Crippen molar-refractivity contribution in [2.24, 2.45) is 0 Å². The van der Waals surface area contributed by atoms with Crippen LogP contribution in [0, 0.1) is 5.82 Å². The number of aromatic nitrogens is 2. The third-order valence-electron chi connectivity index (χ3n) is 2.73. The molecule has 2 aromatic rings. The second kappa shape index (κ2) is 6.21. The van der Waals surface area contributed by atoms with Crippen LogP contribution >= 0.6 is 0 Å². The fraction of sp³-hybridized carbons (Fsp3) is 0.385. The lowest BCUT2D eigenvalue weighted by Gasteiger charge is -2.04. The lowest BCUT2D eigenvalue weighted by atomic mass is 10.2. The van der Waals surface area contributed by atoms with Crippen molar-refractivity contribution in [2.75, 3.05) is 10.5 Å². The van der Waals surface area contributed by atoms with Crippen molar-refractivity contribution in [2.45, 2.75) is 26.2 Å². The fourth-order valence-corrected chi connectivity index (χ4v) is 2.59. The third-order valence-corrected chi connectivity index (χ3v) is 3.95. The molecule has 114 valence electrons. The molecule has 6 nitrogen and oxygen atoms in total. The molecule has 0 amide bonds. The molecule has 0 atom stereocenters. The molecule has 1 aromatic heterocycles. The number of nitrogens with one attached hydrogen (secondary N) is 1. The summed E-state index contributed by atoms with van der Waals surface area (Å²) in [5.74, 6) is -0.215. The molecule has 0 aliphatic carbocycles. The number of sulfonamides is 1. The van der Waals surface area contributed by atoms with E-state index in [4.69, 9.17) is 4.42 Å². The van der Waals surface area contributed by atoms with Crippen LogP contribution in [0.1, 0.15) is 31.2 Å². The molecule has 0 bridgehead atoms. The van der Waals surface area contributed by atoms with Gasteiger partial charge in [0.25, 0.3) is 0 Å². The molecule has 2 rings (SSSR count). The van der Waals surface area contributed by atoms with E-state index in [1.54, 1.807) is 6.07 Å². The van der Waals surface area contributed by atoms with E-state index in [0.29, 0.717) is 11.5 Å². The quantitative estimate of drug-likeness (QED) is 0.884. The Labute approximate surface area is 122 Å². The number of rotatable bonds is 6. The minimum Gasteiger partial charge on any atom is -0.407 e. The van der Waals surface area contributed by atoms with Gasteiger partial charge in [0.1, 0.15) is 5.82 Å². The monoisotopic (exact) mass is 313 g/mol. The van der Waals surface area contributed by atoms with Crippen molar-refractivity contribution in [3.05, 3.63) is 41.5 Å². The van der Waals surface area contributed by atoms with Crippen molar-refractivity contribution in [3.63, 3.8) is 0 Å². The van der Waals surface area contributed by atoms with Crippen molar-refractivity contribution < 1.29 is 17.2 Å². The molecular weight excluding hydrogens is 297 g/mol. The minimum atomic E-state index is -3.63. The van der Waals surface area contributed by atoms with Crippen LogP contribution in [0.3, 0.4) is 0 Å². The summed E-state index contributed by atoms with van der Waals surface area (Å²) in [6.07, 6.45) is 0.193. The second-order valence-corrected chi connectivity index (χ2v) is 6.74. The zero-order valence-corrected chi connectivity index (χ0v) is 12.5. The van der Waals surface area contributed by atoms with E-state index in [1.165, 1.54) is 18.2 Å². The van der Waals surface area contributed by atoms with Crippen LogP contribution < -0.4 is 4.72 Å². The Kier molecular flexibility index (Phi) is 4.56. The van der Waals surface area contributed by atoms with Gasteiger partial charge >= 0.3 is 6.01 Å². The topological polar surface area (TPSA) is 85.1 Å². The van der Waals surface area contributed by atoms with Crippen molar-refractivity contribution in [1.82, 2.24) is 10.2 Å². The molecule has 0 fully saturated rings. The summed E-state index contributed by atoms with van der Waals surface area (Å²) in [7, 11) is -3.63. The predicted octanol–water partition coefficient (Wildman–Crippen LogP) is 2.32. The van der Waals surface area contributed by atoms with Crippen LogP contribution in [0.25, 0.3) is 0 Å². The molecule has 21 heavy (non-hydrogen) atoms. The van der Waals surface area contributed by atoms with Crippen molar-refractivity contribution in [1.29, 1.82) is 0 Å². The predicted molar refractivity (Wildman–Crippen MR) is 75.9 cm³/mol. The van der Waals surface area contributed by atoms with Crippen LogP contribution in [0.4, 0.5) is 10.4 Å². The summed E-state index contributed by atoms with van der Waals surface area (Å²) in [4.78, 5) is 0. The van der Waals surface area contributed by atoms with Gasteiger partial charge in [-0.2, -0.15) is 0 Å². The Hall–Kier alpha value is -1.96. The summed E-state index contributed by atoms with van der Waals surface area (Å²) in [5.41, 5.74) is 0.605. The van der Waals surface area contributed by atoms with E-state index >= 15 is 0 Å². The van der Waals surface area contributed by atoms with Crippen molar-refractivity contribution in [3.8, 4) is 0 Å². The first-order valence-electron chi connectivity index (χ1n) is 6.44. The Morgan fingerprint density at radius 2 is 2.10 bits per heavy atom. The number of anilines is 1. The van der Waals surface area contributed by atoms with E-state index in [0.717, 1.165) is 0 Å².